The normalized spacial score (nSPS) is 14.5. The Balaban J connectivity index is 1.86. The smallest absolute Gasteiger partial charge is 0.435 e. The fourth-order valence-electron chi connectivity index (χ4n) is 4.44. The number of rotatable bonds is 5. The number of benzene rings is 2. The van der Waals surface area contributed by atoms with Crippen LogP contribution in [0.3, 0.4) is 0 Å². The minimum atomic E-state index is -4.06. The molecule has 3 aromatic rings. The van der Waals surface area contributed by atoms with E-state index in [-0.39, 0.29) is 16.7 Å². The molecule has 1 aliphatic rings. The van der Waals surface area contributed by atoms with E-state index in [2.05, 4.69) is 27.3 Å². The first kappa shape index (κ1) is 28.3. The molecule has 0 atom stereocenters. The molecule has 10 nitrogen and oxygen atoms in total. The van der Waals surface area contributed by atoms with Crippen LogP contribution in [0.15, 0.2) is 65.0 Å². The van der Waals surface area contributed by atoms with E-state index in [4.69, 9.17) is 4.74 Å². The van der Waals surface area contributed by atoms with E-state index in [9.17, 15) is 28.1 Å². The maximum absolute atomic E-state index is 13.3. The van der Waals surface area contributed by atoms with Gasteiger partial charge in [0.1, 0.15) is 11.4 Å². The Morgan fingerprint density at radius 1 is 1.10 bits per heavy atom. The molecule has 2 heterocycles. The molecule has 1 aromatic heterocycles. The van der Waals surface area contributed by atoms with Gasteiger partial charge < -0.3 is 10.1 Å². The van der Waals surface area contributed by atoms with Crippen molar-refractivity contribution in [1.82, 2.24) is 15.1 Å². The minimum absolute atomic E-state index is 0.142. The average Bonchev–Trinajstić information content (AvgIpc) is 3.21. The van der Waals surface area contributed by atoms with Crippen molar-refractivity contribution in [2.75, 3.05) is 4.72 Å². The average molecular weight is 563 g/mol. The molecule has 0 unspecified atom stereocenters. The number of nitriles is 2. The highest BCUT2D eigenvalue weighted by Gasteiger charge is 2.31. The maximum Gasteiger partial charge on any atom is 0.435 e. The van der Waals surface area contributed by atoms with E-state index < -0.39 is 39.2 Å². The van der Waals surface area contributed by atoms with Crippen molar-refractivity contribution in [2.45, 2.75) is 51.9 Å². The quantitative estimate of drug-likeness (QED) is 0.432. The van der Waals surface area contributed by atoms with Gasteiger partial charge in [-0.2, -0.15) is 15.2 Å². The molecule has 0 amide bonds. The molecule has 0 spiro atoms. The first-order chi connectivity index (χ1) is 18.7. The lowest BCUT2D eigenvalue weighted by atomic mass is 9.81. The molecular weight excluding hydrogens is 535 g/mol. The molecule has 0 bridgehead atoms. The van der Waals surface area contributed by atoms with E-state index in [1.807, 2.05) is 0 Å². The van der Waals surface area contributed by atoms with Crippen LogP contribution in [0.2, 0.25) is 0 Å². The van der Waals surface area contributed by atoms with Gasteiger partial charge in [-0.15, -0.1) is 5.10 Å². The summed E-state index contributed by atoms with van der Waals surface area (Å²) in [4.78, 5) is 13.0. The van der Waals surface area contributed by atoms with E-state index in [0.29, 0.717) is 33.7 Å². The molecule has 0 aliphatic carbocycles. The number of ether oxygens (including phenoxy) is 1. The van der Waals surface area contributed by atoms with E-state index >= 15 is 0 Å². The summed E-state index contributed by atoms with van der Waals surface area (Å²) in [7, 11) is -4.06. The Bertz CT molecular complexity index is 1730. The highest BCUT2D eigenvalue weighted by molar-refractivity contribution is 7.91. The van der Waals surface area contributed by atoms with Crippen LogP contribution in [-0.2, 0) is 20.5 Å². The second-order valence-electron chi connectivity index (χ2n) is 10.4. The van der Waals surface area contributed by atoms with Gasteiger partial charge in [0.25, 0.3) is 0 Å². The summed E-state index contributed by atoms with van der Waals surface area (Å²) in [5, 5.41) is 27.3. The zero-order valence-corrected chi connectivity index (χ0v) is 23.4. The second-order valence-corrected chi connectivity index (χ2v) is 12.1. The minimum Gasteiger partial charge on any atom is -0.442 e. The topological polar surface area (TPSA) is 150 Å². The van der Waals surface area contributed by atoms with Crippen molar-refractivity contribution in [3.63, 3.8) is 0 Å². The van der Waals surface area contributed by atoms with Crippen molar-refractivity contribution in [3.05, 3.63) is 81.9 Å². The zero-order valence-electron chi connectivity index (χ0n) is 22.5. The number of anilines is 1. The molecule has 0 saturated carbocycles. The lowest BCUT2D eigenvalue weighted by Crippen LogP contribution is -2.27. The van der Waals surface area contributed by atoms with Crippen LogP contribution >= 0.6 is 0 Å². The van der Waals surface area contributed by atoms with Crippen molar-refractivity contribution in [2.24, 2.45) is 0 Å². The second kappa shape index (κ2) is 10.5. The number of dihydropyridines is 1. The van der Waals surface area contributed by atoms with Crippen LogP contribution in [0.5, 0.6) is 0 Å². The molecule has 2 N–H and O–H groups in total. The standard InChI is InChI=1S/C28H27FN6O4S/c1-16-22(13-30)25(23(14-31)17(2)32-16)19-8-11-24-21(12-19)26(33-35(24)27(36)39-28(3,4)5)34-40(37,38)15-18-6-9-20(29)10-7-18/h6-12,25,32H,15H2,1-5H3,(H,33,34). The highest BCUT2D eigenvalue weighted by Crippen LogP contribution is 2.39. The number of aromatic nitrogens is 2. The summed E-state index contributed by atoms with van der Waals surface area (Å²) in [6.45, 7) is 8.53. The Labute approximate surface area is 231 Å². The van der Waals surface area contributed by atoms with Gasteiger partial charge in [-0.05, 0) is 70.0 Å². The predicted molar refractivity (Wildman–Crippen MR) is 147 cm³/mol. The van der Waals surface area contributed by atoms with Gasteiger partial charge in [-0.25, -0.2) is 17.6 Å². The SMILES string of the molecule is CC1=C(C#N)C(c2ccc3c(c2)c(NS(=O)(=O)Cc2ccc(F)cc2)nn3C(=O)OC(C)(C)C)C(C#N)=C(C)N1. The summed E-state index contributed by atoms with van der Waals surface area (Å²) in [6, 6.07) is 14.2. The number of nitrogens with one attached hydrogen (secondary N) is 2. The van der Waals surface area contributed by atoms with Gasteiger partial charge in [0.05, 0.1) is 40.5 Å². The number of sulfonamides is 1. The maximum atomic E-state index is 13.3. The van der Waals surface area contributed by atoms with Crippen LogP contribution in [0, 0.1) is 28.5 Å². The Morgan fingerprint density at radius 3 is 2.25 bits per heavy atom. The Morgan fingerprint density at radius 2 is 1.70 bits per heavy atom. The van der Waals surface area contributed by atoms with Gasteiger partial charge in [-0.1, -0.05) is 18.2 Å². The molecule has 4 rings (SSSR count). The summed E-state index contributed by atoms with van der Waals surface area (Å²) < 4.78 is 48.4. The van der Waals surface area contributed by atoms with Crippen molar-refractivity contribution in [3.8, 4) is 12.1 Å². The van der Waals surface area contributed by atoms with Gasteiger partial charge in [0.2, 0.25) is 10.0 Å². The van der Waals surface area contributed by atoms with Crippen LogP contribution < -0.4 is 10.0 Å². The van der Waals surface area contributed by atoms with Gasteiger partial charge in [0.15, 0.2) is 5.82 Å². The fraction of sp³-hybridized carbons (Fsp3) is 0.286. The molecule has 0 fully saturated rings. The molecule has 0 radical (unpaired) electrons. The predicted octanol–water partition coefficient (Wildman–Crippen LogP) is 5.18. The molecule has 0 saturated heterocycles. The molecule has 206 valence electrons. The van der Waals surface area contributed by atoms with Crippen LogP contribution in [0.25, 0.3) is 10.9 Å². The van der Waals surface area contributed by atoms with Gasteiger partial charge in [-0.3, -0.25) is 4.72 Å². The largest absolute Gasteiger partial charge is 0.442 e. The summed E-state index contributed by atoms with van der Waals surface area (Å²) in [5.41, 5.74) is 2.13. The fourth-order valence-corrected chi connectivity index (χ4v) is 5.59. The molecule has 40 heavy (non-hydrogen) atoms. The van der Waals surface area contributed by atoms with Crippen molar-refractivity contribution in [1.29, 1.82) is 10.5 Å². The third-order valence-electron chi connectivity index (χ3n) is 6.13. The van der Waals surface area contributed by atoms with E-state index in [1.54, 1.807) is 52.8 Å². The third kappa shape index (κ3) is 5.82. The summed E-state index contributed by atoms with van der Waals surface area (Å²) in [5.74, 6) is -1.82. The monoisotopic (exact) mass is 562 g/mol. The number of hydrogen-bond acceptors (Lipinski definition) is 8. The Hall–Kier alpha value is -4.68. The van der Waals surface area contributed by atoms with Gasteiger partial charge in [0, 0.05) is 16.8 Å². The number of halogens is 1. The van der Waals surface area contributed by atoms with Crippen LogP contribution in [-0.4, -0.2) is 29.9 Å². The number of hydrogen-bond donors (Lipinski definition) is 2. The third-order valence-corrected chi connectivity index (χ3v) is 7.34. The molecule has 2 aromatic carbocycles. The van der Waals surface area contributed by atoms with Crippen LogP contribution in [0.4, 0.5) is 15.0 Å². The first-order valence-electron chi connectivity index (χ1n) is 12.2. The molecule has 1 aliphatic heterocycles. The van der Waals surface area contributed by atoms with E-state index in [0.717, 1.165) is 16.8 Å². The van der Waals surface area contributed by atoms with Crippen molar-refractivity contribution < 1.29 is 22.3 Å². The first-order valence-corrected chi connectivity index (χ1v) is 13.9. The Kier molecular flexibility index (Phi) is 7.42. The van der Waals surface area contributed by atoms with Gasteiger partial charge >= 0.3 is 6.09 Å². The van der Waals surface area contributed by atoms with Crippen LogP contribution in [0.1, 0.15) is 51.7 Å². The lowest BCUT2D eigenvalue weighted by Gasteiger charge is -2.26. The van der Waals surface area contributed by atoms with Crippen molar-refractivity contribution >= 4 is 32.8 Å². The highest BCUT2D eigenvalue weighted by atomic mass is 32.2. The number of allylic oxidation sites excluding steroid dienone is 4. The number of carbonyl (C=O) groups excluding carboxylic acids is 1. The number of fused-ring (bicyclic) bond motifs is 1. The lowest BCUT2D eigenvalue weighted by molar-refractivity contribution is 0.0523. The molecule has 12 heteroatoms. The van der Waals surface area contributed by atoms with E-state index in [1.165, 1.54) is 12.1 Å². The number of nitrogens with zero attached hydrogens (tertiary/aromatic N) is 4. The zero-order chi connectivity index (χ0) is 29.4. The summed E-state index contributed by atoms with van der Waals surface area (Å²) in [6.07, 6.45) is -0.821. The molecular formula is C28H27FN6O4S. The summed E-state index contributed by atoms with van der Waals surface area (Å²) >= 11 is 0. The number of carbonyl (C=O) groups is 1.